The van der Waals surface area contributed by atoms with Gasteiger partial charge in [-0.05, 0) is 30.9 Å². The van der Waals surface area contributed by atoms with Gasteiger partial charge in [-0.2, -0.15) is 0 Å². The number of benzene rings is 1. The van der Waals surface area contributed by atoms with Crippen molar-refractivity contribution in [3.8, 4) is 11.5 Å². The van der Waals surface area contributed by atoms with E-state index in [2.05, 4.69) is 0 Å². The molecule has 1 aliphatic carbocycles. The Morgan fingerprint density at radius 3 is 3.06 bits per heavy atom. The van der Waals surface area contributed by atoms with E-state index in [1.165, 1.54) is 0 Å². The summed E-state index contributed by atoms with van der Waals surface area (Å²) < 4.78 is 10.8. The van der Waals surface area contributed by atoms with Crippen LogP contribution in [0.25, 0.3) is 0 Å². The molecule has 0 aromatic heterocycles. The van der Waals surface area contributed by atoms with Gasteiger partial charge in [-0.1, -0.05) is 6.07 Å². The molecule has 0 radical (unpaired) electrons. The predicted molar refractivity (Wildman–Crippen MR) is 58.5 cm³/mol. The molecule has 3 N–H and O–H groups in total. The average molecular weight is 221 g/mol. The normalized spacial score (nSPS) is 26.6. The minimum atomic E-state index is -0.894. The number of rotatable bonds is 1. The number of fused-ring (bicyclic) bond motifs is 3. The van der Waals surface area contributed by atoms with Gasteiger partial charge >= 0.3 is 0 Å². The van der Waals surface area contributed by atoms with Crippen molar-refractivity contribution in [2.45, 2.75) is 24.9 Å². The largest absolute Gasteiger partial charge is 0.454 e. The fourth-order valence-corrected chi connectivity index (χ4v) is 2.62. The second-order valence-electron chi connectivity index (χ2n) is 4.41. The molecule has 0 saturated carbocycles. The van der Waals surface area contributed by atoms with Crippen LogP contribution in [0.1, 0.15) is 24.0 Å². The molecule has 1 heterocycles. The lowest BCUT2D eigenvalue weighted by atomic mass is 9.78. The summed E-state index contributed by atoms with van der Waals surface area (Å²) in [5, 5.41) is 10.4. The minimum absolute atomic E-state index is 0.250. The first kappa shape index (κ1) is 9.93. The zero-order valence-corrected chi connectivity index (χ0v) is 9.03. The van der Waals surface area contributed by atoms with Crippen LogP contribution in [0, 0.1) is 0 Å². The van der Waals surface area contributed by atoms with Gasteiger partial charge in [0.05, 0.1) is 0 Å². The monoisotopic (exact) mass is 221 g/mol. The van der Waals surface area contributed by atoms with Crippen molar-refractivity contribution in [3.05, 3.63) is 23.3 Å². The Morgan fingerprint density at radius 1 is 1.38 bits per heavy atom. The van der Waals surface area contributed by atoms with E-state index in [0.717, 1.165) is 41.9 Å². The molecule has 1 atom stereocenters. The van der Waals surface area contributed by atoms with Crippen LogP contribution in [0.15, 0.2) is 12.1 Å². The van der Waals surface area contributed by atoms with Crippen molar-refractivity contribution in [1.29, 1.82) is 0 Å². The van der Waals surface area contributed by atoms with Gasteiger partial charge in [0.25, 0.3) is 0 Å². The summed E-state index contributed by atoms with van der Waals surface area (Å²) >= 11 is 0. The van der Waals surface area contributed by atoms with Crippen molar-refractivity contribution in [2.75, 3.05) is 13.3 Å². The highest BCUT2D eigenvalue weighted by Crippen LogP contribution is 2.45. The number of hydrogen-bond donors (Lipinski definition) is 2. The molecule has 0 bridgehead atoms. The highest BCUT2D eigenvalue weighted by atomic mass is 16.7. The summed E-state index contributed by atoms with van der Waals surface area (Å²) in [6.45, 7) is 0.520. The molecule has 0 amide bonds. The molecule has 1 aromatic carbocycles. The van der Waals surface area contributed by atoms with E-state index in [-0.39, 0.29) is 13.3 Å². The van der Waals surface area contributed by atoms with Crippen LogP contribution in [0.5, 0.6) is 11.5 Å². The van der Waals surface area contributed by atoms with E-state index < -0.39 is 5.60 Å². The van der Waals surface area contributed by atoms with Gasteiger partial charge in [0.1, 0.15) is 5.60 Å². The Kier molecular flexibility index (Phi) is 2.09. The highest BCUT2D eigenvalue weighted by molar-refractivity contribution is 5.54. The molecular weight excluding hydrogens is 206 g/mol. The lowest BCUT2D eigenvalue weighted by Crippen LogP contribution is -2.38. The number of aliphatic hydroxyl groups is 1. The van der Waals surface area contributed by atoms with Crippen LogP contribution in [-0.2, 0) is 12.0 Å². The zero-order valence-electron chi connectivity index (χ0n) is 9.03. The number of ether oxygens (including phenoxy) is 2. The molecule has 1 aliphatic heterocycles. The van der Waals surface area contributed by atoms with Crippen LogP contribution in [0.4, 0.5) is 0 Å². The molecule has 0 saturated heterocycles. The maximum atomic E-state index is 10.4. The molecule has 0 fully saturated rings. The predicted octanol–water partition coefficient (Wildman–Crippen LogP) is 0.898. The summed E-state index contributed by atoms with van der Waals surface area (Å²) in [5.74, 6) is 1.57. The molecule has 1 unspecified atom stereocenters. The highest BCUT2D eigenvalue weighted by Gasteiger charge is 2.36. The number of nitrogens with two attached hydrogens (primary N) is 1. The van der Waals surface area contributed by atoms with Gasteiger partial charge in [0.15, 0.2) is 11.5 Å². The van der Waals surface area contributed by atoms with Crippen molar-refractivity contribution >= 4 is 0 Å². The van der Waals surface area contributed by atoms with E-state index in [4.69, 9.17) is 15.2 Å². The number of hydrogen-bond acceptors (Lipinski definition) is 4. The molecule has 4 heteroatoms. The Bertz CT molecular complexity index is 433. The second-order valence-corrected chi connectivity index (χ2v) is 4.41. The lowest BCUT2D eigenvalue weighted by molar-refractivity contribution is 0.0275. The first-order valence-electron chi connectivity index (χ1n) is 5.59. The van der Waals surface area contributed by atoms with Crippen molar-refractivity contribution in [1.82, 2.24) is 0 Å². The zero-order chi connectivity index (χ0) is 11.2. The van der Waals surface area contributed by atoms with Gasteiger partial charge in [-0.15, -0.1) is 0 Å². The maximum absolute atomic E-state index is 10.4. The van der Waals surface area contributed by atoms with Crippen LogP contribution >= 0.6 is 0 Å². The van der Waals surface area contributed by atoms with Gasteiger partial charge in [-0.3, -0.25) is 0 Å². The smallest absolute Gasteiger partial charge is 0.231 e. The summed E-state index contributed by atoms with van der Waals surface area (Å²) in [4.78, 5) is 0. The molecule has 0 spiro atoms. The summed E-state index contributed by atoms with van der Waals surface area (Å²) in [5.41, 5.74) is 6.75. The SMILES string of the molecule is NCC1(O)CCCc2c1ccc1c2OCO1. The van der Waals surface area contributed by atoms with E-state index >= 15 is 0 Å². The van der Waals surface area contributed by atoms with Crippen LogP contribution in [0.2, 0.25) is 0 Å². The molecule has 3 rings (SSSR count). The molecule has 16 heavy (non-hydrogen) atoms. The average Bonchev–Trinajstić information content (AvgIpc) is 2.78. The van der Waals surface area contributed by atoms with Gasteiger partial charge < -0.3 is 20.3 Å². The van der Waals surface area contributed by atoms with Crippen LogP contribution in [0.3, 0.4) is 0 Å². The Hall–Kier alpha value is -1.26. The third-order valence-corrected chi connectivity index (χ3v) is 3.50. The Labute approximate surface area is 94.0 Å². The maximum Gasteiger partial charge on any atom is 0.231 e. The van der Waals surface area contributed by atoms with Gasteiger partial charge in [0, 0.05) is 12.1 Å². The molecule has 86 valence electrons. The topological polar surface area (TPSA) is 64.7 Å². The third kappa shape index (κ3) is 1.23. The summed E-state index contributed by atoms with van der Waals surface area (Å²) in [6.07, 6.45) is 2.57. The van der Waals surface area contributed by atoms with Gasteiger partial charge in [0.2, 0.25) is 6.79 Å². The summed E-state index contributed by atoms with van der Waals surface area (Å²) in [6, 6.07) is 3.77. The second kappa shape index (κ2) is 3.37. The van der Waals surface area contributed by atoms with E-state index in [1.54, 1.807) is 0 Å². The van der Waals surface area contributed by atoms with Crippen LogP contribution < -0.4 is 15.2 Å². The molecule has 1 aromatic rings. The van der Waals surface area contributed by atoms with Crippen LogP contribution in [-0.4, -0.2) is 18.4 Å². The molecule has 2 aliphatic rings. The van der Waals surface area contributed by atoms with Gasteiger partial charge in [-0.25, -0.2) is 0 Å². The van der Waals surface area contributed by atoms with Crippen molar-refractivity contribution < 1.29 is 14.6 Å². The molecular formula is C12H15NO3. The van der Waals surface area contributed by atoms with E-state index in [9.17, 15) is 5.11 Å². The van der Waals surface area contributed by atoms with E-state index in [0.29, 0.717) is 0 Å². The Balaban J connectivity index is 2.17. The first-order valence-corrected chi connectivity index (χ1v) is 5.59. The van der Waals surface area contributed by atoms with Crippen molar-refractivity contribution in [3.63, 3.8) is 0 Å². The third-order valence-electron chi connectivity index (χ3n) is 3.50. The van der Waals surface area contributed by atoms with Crippen molar-refractivity contribution in [2.24, 2.45) is 5.73 Å². The lowest BCUT2D eigenvalue weighted by Gasteiger charge is -2.33. The fourth-order valence-electron chi connectivity index (χ4n) is 2.62. The minimum Gasteiger partial charge on any atom is -0.454 e. The quantitative estimate of drug-likeness (QED) is 0.739. The Morgan fingerprint density at radius 2 is 2.25 bits per heavy atom. The molecule has 4 nitrogen and oxygen atoms in total. The summed E-state index contributed by atoms with van der Waals surface area (Å²) in [7, 11) is 0. The standard InChI is InChI=1S/C12H15NO3/c13-6-12(14)5-1-2-8-9(12)3-4-10-11(8)16-7-15-10/h3-4,14H,1-2,5-7,13H2. The van der Waals surface area contributed by atoms with E-state index in [1.807, 2.05) is 12.1 Å². The first-order chi connectivity index (χ1) is 7.74. The fraction of sp³-hybridized carbons (Fsp3) is 0.500.